The molecule has 0 bridgehead atoms. The average Bonchev–Trinajstić information content (AvgIpc) is 2.61. The summed E-state index contributed by atoms with van der Waals surface area (Å²) >= 11 is -9.23. The Labute approximate surface area is 212 Å². The molecule has 4 aromatic carbocycles. The molecule has 0 aliphatic rings. The van der Waals surface area contributed by atoms with E-state index in [1.54, 1.807) is 46.6 Å². The Hall–Kier alpha value is 1.11. The van der Waals surface area contributed by atoms with Crippen LogP contribution < -0.4 is 14.3 Å². The Morgan fingerprint density at radius 3 is 0.688 bits per heavy atom. The van der Waals surface area contributed by atoms with Gasteiger partial charge in [0.15, 0.2) is 0 Å². The summed E-state index contributed by atoms with van der Waals surface area (Å²) in [4.78, 5) is 31.3. The van der Waals surface area contributed by atoms with E-state index in [1.807, 2.05) is 0 Å². The Morgan fingerprint density at radius 1 is 0.344 bits per heavy atom. The topological polar surface area (TPSA) is 0 Å². The molecule has 0 atom stereocenters. The minimum absolute atomic E-state index is 1.59. The molecule has 0 saturated heterocycles. The van der Waals surface area contributed by atoms with Crippen molar-refractivity contribution in [3.8, 4) is 0 Å². The number of benzene rings is 4. The molecule has 4 rings (SSSR count). The first-order chi connectivity index (χ1) is 14.4. The van der Waals surface area contributed by atoms with Gasteiger partial charge in [-0.15, -0.1) is 0 Å². The van der Waals surface area contributed by atoms with Gasteiger partial charge in [-0.05, 0) is 0 Å². The molecule has 0 saturated carbocycles. The van der Waals surface area contributed by atoms with Crippen LogP contribution in [-0.4, -0.2) is 73.5 Å². The third kappa shape index (κ3) is 4.51. The van der Waals surface area contributed by atoms with E-state index >= 15 is 0 Å². The fourth-order valence-electron chi connectivity index (χ4n) is 5.48. The average molecular weight is 853 g/mol. The molecule has 0 aromatic heterocycles. The summed E-state index contributed by atoms with van der Waals surface area (Å²) < 4.78 is 7.03. The van der Waals surface area contributed by atoms with E-state index in [4.69, 9.17) is 0 Å². The van der Waals surface area contributed by atoms with Gasteiger partial charge in [-0.2, -0.15) is 0 Å². The fourth-order valence-corrected chi connectivity index (χ4v) is 26.0. The molecule has 0 radical (unpaired) electrons. The summed E-state index contributed by atoms with van der Waals surface area (Å²) in [6.07, 6.45) is 0. The standard InChI is InChI=1S/C16H6.12CH3.4Sn/c1-3-11-7-9-13-5-2-6-14-10-8-12(4-1)15(11)16(13)14;;;;;;;;;;;;;;;;/h1-2,7-10H;12*1H3;;;;. The van der Waals surface area contributed by atoms with Gasteiger partial charge in [-0.1, -0.05) is 0 Å². The number of hydrogen-bond acceptors (Lipinski definition) is 0. The Bertz CT molecular complexity index is 1140. The van der Waals surface area contributed by atoms with E-state index in [9.17, 15) is 0 Å². The second-order valence-corrected chi connectivity index (χ2v) is 71.5. The number of rotatable bonds is 4. The summed E-state index contributed by atoms with van der Waals surface area (Å²) in [5.74, 6) is 0. The van der Waals surface area contributed by atoms with Gasteiger partial charge >= 0.3 is 216 Å². The van der Waals surface area contributed by atoms with Crippen LogP contribution in [0.15, 0.2) is 36.4 Å². The van der Waals surface area contributed by atoms with Crippen LogP contribution in [0.4, 0.5) is 0 Å². The summed E-state index contributed by atoms with van der Waals surface area (Å²) in [6, 6.07) is 15.5. The Balaban J connectivity index is 2.39. The van der Waals surface area contributed by atoms with Crippen LogP contribution in [0, 0.1) is 0 Å². The van der Waals surface area contributed by atoms with Crippen LogP contribution in [0.3, 0.4) is 0 Å². The quantitative estimate of drug-likeness (QED) is 0.157. The second-order valence-electron chi connectivity index (χ2n) is 14.0. The first-order valence-electron chi connectivity index (χ1n) is 12.2. The van der Waals surface area contributed by atoms with Crippen LogP contribution in [0.5, 0.6) is 0 Å². The monoisotopic (exact) mass is 858 g/mol. The Morgan fingerprint density at radius 2 is 0.531 bits per heavy atom. The maximum absolute atomic E-state index is 2.71. The SMILES string of the molecule is [CH3][Sn]([CH3])([CH3])[c]1c[c]([Sn]([CH3])([CH3])[CH3])c2ccc3[c]([Sn]([CH3])([CH3])[CH3])c[c]([Sn]([CH3])([CH3])[CH3])c4ccc1c2c43. The summed E-state index contributed by atoms with van der Waals surface area (Å²) in [5.41, 5.74) is 0. The van der Waals surface area contributed by atoms with Gasteiger partial charge in [0.1, 0.15) is 0 Å². The predicted octanol–water partition coefficient (Wildman–Crippen LogP) is 6.76. The van der Waals surface area contributed by atoms with Gasteiger partial charge < -0.3 is 0 Å². The molecule has 0 aliphatic heterocycles. The molecule has 170 valence electrons. The van der Waals surface area contributed by atoms with E-state index in [1.165, 1.54) is 0 Å². The predicted molar refractivity (Wildman–Crippen MR) is 162 cm³/mol. The molecule has 0 nitrogen and oxygen atoms in total. The van der Waals surface area contributed by atoms with E-state index in [0.29, 0.717) is 0 Å². The minimum atomic E-state index is -2.31. The molecule has 0 amide bonds. The van der Waals surface area contributed by atoms with Crippen molar-refractivity contribution in [1.82, 2.24) is 0 Å². The first-order valence-corrected chi connectivity index (χ1v) is 52.2. The second kappa shape index (κ2) is 8.32. The van der Waals surface area contributed by atoms with E-state index in [2.05, 4.69) is 95.7 Å². The molecule has 0 spiro atoms. The molecule has 0 heterocycles. The van der Waals surface area contributed by atoms with Crippen molar-refractivity contribution in [3.63, 3.8) is 0 Å². The molecule has 0 fully saturated rings. The molecule has 0 N–H and O–H groups in total. The van der Waals surface area contributed by atoms with Crippen LogP contribution >= 0.6 is 0 Å². The third-order valence-corrected chi connectivity index (χ3v) is 30.3. The molecular weight excluding hydrogens is 811 g/mol. The molecular formula is C28H42Sn4. The molecule has 0 aliphatic carbocycles. The van der Waals surface area contributed by atoms with Crippen molar-refractivity contribution in [2.75, 3.05) is 0 Å². The van der Waals surface area contributed by atoms with Crippen molar-refractivity contribution in [2.45, 2.75) is 59.3 Å². The van der Waals surface area contributed by atoms with Crippen molar-refractivity contribution < 1.29 is 0 Å². The first kappa shape index (κ1) is 26.2. The van der Waals surface area contributed by atoms with Gasteiger partial charge in [-0.3, -0.25) is 0 Å². The van der Waals surface area contributed by atoms with Gasteiger partial charge in [0.2, 0.25) is 0 Å². The van der Waals surface area contributed by atoms with E-state index in [0.717, 1.165) is 0 Å². The van der Waals surface area contributed by atoms with Crippen LogP contribution in [0.25, 0.3) is 32.3 Å². The van der Waals surface area contributed by atoms with Crippen LogP contribution in [0.1, 0.15) is 0 Å². The molecule has 32 heavy (non-hydrogen) atoms. The van der Waals surface area contributed by atoms with E-state index < -0.39 is 73.5 Å². The van der Waals surface area contributed by atoms with Crippen LogP contribution in [0.2, 0.25) is 59.3 Å². The Kier molecular flexibility index (Phi) is 6.81. The zero-order chi connectivity index (χ0) is 24.0. The summed E-state index contributed by atoms with van der Waals surface area (Å²) in [5, 5.41) is 9.66. The van der Waals surface area contributed by atoms with Gasteiger partial charge in [0, 0.05) is 0 Å². The van der Waals surface area contributed by atoms with Crippen molar-refractivity contribution >= 4 is 120 Å². The van der Waals surface area contributed by atoms with Gasteiger partial charge in [0.25, 0.3) is 0 Å². The van der Waals surface area contributed by atoms with Crippen molar-refractivity contribution in [1.29, 1.82) is 0 Å². The zero-order valence-corrected chi connectivity index (χ0v) is 33.9. The third-order valence-electron chi connectivity index (χ3n) is 7.13. The normalized spacial score (nSPS) is 14.2. The zero-order valence-electron chi connectivity index (χ0n) is 22.5. The van der Waals surface area contributed by atoms with Crippen molar-refractivity contribution in [3.05, 3.63) is 36.4 Å². The summed E-state index contributed by atoms with van der Waals surface area (Å²) in [6.45, 7) is 0. The molecule has 0 unspecified atom stereocenters. The van der Waals surface area contributed by atoms with Gasteiger partial charge in [-0.25, -0.2) is 0 Å². The van der Waals surface area contributed by atoms with E-state index in [-0.39, 0.29) is 0 Å². The molecule has 4 aromatic rings. The van der Waals surface area contributed by atoms with Gasteiger partial charge in [0.05, 0.1) is 0 Å². The van der Waals surface area contributed by atoms with Crippen molar-refractivity contribution in [2.24, 2.45) is 0 Å². The van der Waals surface area contributed by atoms with Crippen LogP contribution in [-0.2, 0) is 0 Å². The summed E-state index contributed by atoms with van der Waals surface area (Å²) in [7, 11) is 0. The number of hydrogen-bond donors (Lipinski definition) is 0. The maximum atomic E-state index is 2.71. The fraction of sp³-hybridized carbons (Fsp3) is 0.429. The molecule has 4 heteroatoms.